The van der Waals surface area contributed by atoms with Crippen LogP contribution in [0.1, 0.15) is 17.5 Å². The zero-order valence-corrected chi connectivity index (χ0v) is 13.5. The Morgan fingerprint density at radius 3 is 2.95 bits per heavy atom. The molecule has 112 valence electrons. The van der Waals surface area contributed by atoms with E-state index in [9.17, 15) is 4.79 Å². The molecule has 1 amide bonds. The fraction of sp³-hybridized carbons (Fsp3) is 0.188. The van der Waals surface area contributed by atoms with E-state index in [1.54, 1.807) is 12.4 Å². The Kier molecular flexibility index (Phi) is 4.45. The molecule has 0 radical (unpaired) electrons. The minimum Gasteiger partial charge on any atom is -0.272 e. The second kappa shape index (κ2) is 6.50. The molecule has 0 bridgehead atoms. The molecule has 0 aliphatic carbocycles. The molecule has 1 atom stereocenters. The lowest BCUT2D eigenvalue weighted by Gasteiger charge is -2.21. The zero-order chi connectivity index (χ0) is 15.5. The van der Waals surface area contributed by atoms with E-state index in [0.717, 1.165) is 21.7 Å². The lowest BCUT2D eigenvalue weighted by Crippen LogP contribution is -2.36. The molecular formula is C16H14ClN3OS. The first-order valence-corrected chi connectivity index (χ1v) is 8.09. The van der Waals surface area contributed by atoms with Crippen molar-refractivity contribution >= 4 is 35.0 Å². The van der Waals surface area contributed by atoms with Gasteiger partial charge >= 0.3 is 0 Å². The summed E-state index contributed by atoms with van der Waals surface area (Å²) in [7, 11) is 0. The summed E-state index contributed by atoms with van der Waals surface area (Å²) in [5.41, 5.74) is 5.39. The van der Waals surface area contributed by atoms with Crippen molar-refractivity contribution in [1.82, 2.24) is 10.4 Å². The summed E-state index contributed by atoms with van der Waals surface area (Å²) < 4.78 is 0. The van der Waals surface area contributed by atoms with Gasteiger partial charge < -0.3 is 0 Å². The molecule has 4 nitrogen and oxygen atoms in total. The van der Waals surface area contributed by atoms with Gasteiger partial charge in [0.1, 0.15) is 0 Å². The number of hydrogen-bond acceptors (Lipinski definition) is 4. The van der Waals surface area contributed by atoms with Crippen molar-refractivity contribution in [3.8, 4) is 0 Å². The SMILES string of the molecule is Cc1ccc(C2=NNC(=O)C(Sc3cccnc3)C2)cc1Cl. The van der Waals surface area contributed by atoms with Crippen LogP contribution in [-0.2, 0) is 4.79 Å². The minimum atomic E-state index is -0.225. The zero-order valence-electron chi connectivity index (χ0n) is 11.9. The molecule has 1 aliphatic heterocycles. The van der Waals surface area contributed by atoms with Crippen molar-refractivity contribution in [2.24, 2.45) is 5.10 Å². The number of amides is 1. The van der Waals surface area contributed by atoms with Crippen LogP contribution in [0.3, 0.4) is 0 Å². The molecule has 0 spiro atoms. The molecule has 3 rings (SSSR count). The number of nitrogens with zero attached hydrogens (tertiary/aromatic N) is 2. The predicted octanol–water partition coefficient (Wildman–Crippen LogP) is 3.43. The van der Waals surface area contributed by atoms with Crippen LogP contribution in [-0.4, -0.2) is 21.9 Å². The Morgan fingerprint density at radius 1 is 1.36 bits per heavy atom. The standard InChI is InChI=1S/C16H14ClN3OS/c1-10-4-5-11(7-13(10)17)14-8-15(16(21)20-19-14)22-12-3-2-6-18-9-12/h2-7,9,15H,8H2,1H3,(H,20,21). The molecule has 2 aromatic rings. The molecule has 2 heterocycles. The van der Waals surface area contributed by atoms with Crippen LogP contribution in [0.2, 0.25) is 5.02 Å². The molecule has 22 heavy (non-hydrogen) atoms. The third-order valence-electron chi connectivity index (χ3n) is 3.39. The number of hydrogen-bond donors (Lipinski definition) is 1. The maximum Gasteiger partial charge on any atom is 0.253 e. The van der Waals surface area contributed by atoms with Crippen LogP contribution >= 0.6 is 23.4 Å². The fourth-order valence-corrected chi connectivity index (χ4v) is 3.33. The number of aryl methyl sites for hydroxylation is 1. The predicted molar refractivity (Wildman–Crippen MR) is 89.4 cm³/mol. The van der Waals surface area contributed by atoms with Gasteiger partial charge in [-0.2, -0.15) is 5.10 Å². The summed E-state index contributed by atoms with van der Waals surface area (Å²) in [5.74, 6) is -0.0872. The van der Waals surface area contributed by atoms with E-state index >= 15 is 0 Å². The summed E-state index contributed by atoms with van der Waals surface area (Å²) in [6.07, 6.45) is 4.03. The maximum atomic E-state index is 12.0. The van der Waals surface area contributed by atoms with Crippen LogP contribution in [0.4, 0.5) is 0 Å². The molecule has 1 aromatic carbocycles. The van der Waals surface area contributed by atoms with Gasteiger partial charge in [0.15, 0.2) is 0 Å². The highest BCUT2D eigenvalue weighted by Crippen LogP contribution is 2.28. The maximum absolute atomic E-state index is 12.0. The second-order valence-corrected chi connectivity index (χ2v) is 6.68. The Labute approximate surface area is 138 Å². The molecule has 1 aliphatic rings. The number of carbonyl (C=O) groups is 1. The number of rotatable bonds is 3. The number of carbonyl (C=O) groups excluding carboxylic acids is 1. The van der Waals surface area contributed by atoms with Crippen molar-refractivity contribution in [3.63, 3.8) is 0 Å². The first kappa shape index (κ1) is 15.1. The topological polar surface area (TPSA) is 54.4 Å². The van der Waals surface area contributed by atoms with Crippen molar-refractivity contribution in [2.45, 2.75) is 23.5 Å². The molecule has 1 N–H and O–H groups in total. The Hall–Kier alpha value is -1.85. The van der Waals surface area contributed by atoms with Crippen molar-refractivity contribution in [2.75, 3.05) is 0 Å². The number of hydrazone groups is 1. The molecule has 0 saturated carbocycles. The molecule has 1 unspecified atom stereocenters. The Bertz CT molecular complexity index is 733. The van der Waals surface area contributed by atoms with Crippen LogP contribution in [0.5, 0.6) is 0 Å². The highest BCUT2D eigenvalue weighted by molar-refractivity contribution is 8.00. The summed E-state index contributed by atoms with van der Waals surface area (Å²) >= 11 is 7.66. The largest absolute Gasteiger partial charge is 0.272 e. The number of aromatic nitrogens is 1. The summed E-state index contributed by atoms with van der Waals surface area (Å²) in [4.78, 5) is 17.0. The monoisotopic (exact) mass is 331 g/mol. The lowest BCUT2D eigenvalue weighted by atomic mass is 10.0. The third kappa shape index (κ3) is 3.31. The average Bonchev–Trinajstić information content (AvgIpc) is 2.53. The van der Waals surface area contributed by atoms with Gasteiger partial charge in [-0.25, -0.2) is 5.43 Å². The molecule has 1 aromatic heterocycles. The van der Waals surface area contributed by atoms with Gasteiger partial charge in [0.25, 0.3) is 5.91 Å². The Balaban J connectivity index is 1.80. The highest BCUT2D eigenvalue weighted by atomic mass is 35.5. The second-order valence-electron chi connectivity index (χ2n) is 5.00. The van der Waals surface area contributed by atoms with Gasteiger partial charge in [0.05, 0.1) is 11.0 Å². The molecule has 0 saturated heterocycles. The van der Waals surface area contributed by atoms with Crippen molar-refractivity contribution in [1.29, 1.82) is 0 Å². The van der Waals surface area contributed by atoms with Gasteiger partial charge in [-0.05, 0) is 36.2 Å². The van der Waals surface area contributed by atoms with Gasteiger partial charge in [-0.15, -0.1) is 11.8 Å². The van der Waals surface area contributed by atoms with Crippen molar-refractivity contribution in [3.05, 3.63) is 58.9 Å². The van der Waals surface area contributed by atoms with E-state index in [-0.39, 0.29) is 11.2 Å². The van der Waals surface area contributed by atoms with Crippen molar-refractivity contribution < 1.29 is 4.79 Å². The van der Waals surface area contributed by atoms with Crippen LogP contribution in [0, 0.1) is 6.92 Å². The van der Waals surface area contributed by atoms with Gasteiger partial charge in [0, 0.05) is 28.7 Å². The smallest absolute Gasteiger partial charge is 0.253 e. The summed E-state index contributed by atoms with van der Waals surface area (Å²) in [6, 6.07) is 9.62. The van der Waals surface area contributed by atoms with Crippen LogP contribution in [0.15, 0.2) is 52.7 Å². The highest BCUT2D eigenvalue weighted by Gasteiger charge is 2.26. The van der Waals surface area contributed by atoms with E-state index < -0.39 is 0 Å². The number of halogens is 1. The number of pyridine rings is 1. The summed E-state index contributed by atoms with van der Waals surface area (Å²) in [5, 5.41) is 4.65. The van der Waals surface area contributed by atoms with Gasteiger partial charge in [-0.3, -0.25) is 9.78 Å². The van der Waals surface area contributed by atoms with E-state index in [4.69, 9.17) is 11.6 Å². The van der Waals surface area contributed by atoms with E-state index in [2.05, 4.69) is 15.5 Å². The number of benzene rings is 1. The number of thioether (sulfide) groups is 1. The van der Waals surface area contributed by atoms with E-state index in [0.29, 0.717) is 11.4 Å². The molecule has 0 fully saturated rings. The lowest BCUT2D eigenvalue weighted by molar-refractivity contribution is -0.120. The normalized spacial score (nSPS) is 17.8. The van der Waals surface area contributed by atoms with Crippen LogP contribution in [0.25, 0.3) is 0 Å². The summed E-state index contributed by atoms with van der Waals surface area (Å²) in [6.45, 7) is 1.96. The first-order valence-electron chi connectivity index (χ1n) is 6.83. The minimum absolute atomic E-state index is 0.0872. The third-order valence-corrected chi connectivity index (χ3v) is 4.98. The molecule has 6 heteroatoms. The Morgan fingerprint density at radius 2 is 2.23 bits per heavy atom. The average molecular weight is 332 g/mol. The van der Waals surface area contributed by atoms with Gasteiger partial charge in [-0.1, -0.05) is 23.7 Å². The fourth-order valence-electron chi connectivity index (χ4n) is 2.14. The van der Waals surface area contributed by atoms with Crippen LogP contribution < -0.4 is 5.43 Å². The first-order chi connectivity index (χ1) is 10.6. The quantitative estimate of drug-likeness (QED) is 0.937. The van der Waals surface area contributed by atoms with Gasteiger partial charge in [0.2, 0.25) is 0 Å². The van der Waals surface area contributed by atoms with E-state index in [1.165, 1.54) is 11.8 Å². The molecular weight excluding hydrogens is 318 g/mol. The number of nitrogens with one attached hydrogen (secondary N) is 1. The van der Waals surface area contributed by atoms with E-state index in [1.807, 2.05) is 37.3 Å².